The van der Waals surface area contributed by atoms with Crippen LogP contribution >= 0.6 is 0 Å². The Bertz CT molecular complexity index is 1050. The molecule has 0 aliphatic rings. The van der Waals surface area contributed by atoms with Crippen LogP contribution in [0.15, 0.2) is 34.1 Å². The molecule has 11 heteroatoms. The number of anilines is 1. The fraction of sp³-hybridized carbons (Fsp3) is 0.0714. The highest BCUT2D eigenvalue weighted by molar-refractivity contribution is 5.71. The van der Waals surface area contributed by atoms with Crippen LogP contribution in [0.4, 0.5) is 18.9 Å². The Hall–Kier alpha value is -3.68. The van der Waals surface area contributed by atoms with E-state index in [9.17, 15) is 22.8 Å². The third kappa shape index (κ3) is 5.17. The zero-order valence-electron chi connectivity index (χ0n) is 13.4. The number of H-pyrrole nitrogens is 2. The van der Waals surface area contributed by atoms with Gasteiger partial charge in [0.1, 0.15) is 17.7 Å². The lowest BCUT2D eigenvalue weighted by molar-refractivity contribution is 0.621. The van der Waals surface area contributed by atoms with Gasteiger partial charge in [-0.05, 0) is 0 Å². The molecule has 3 rings (SSSR count). The van der Waals surface area contributed by atoms with Crippen molar-refractivity contribution in [3.63, 3.8) is 0 Å². The molecule has 3 heterocycles. The van der Waals surface area contributed by atoms with Crippen LogP contribution < -0.4 is 17.0 Å². The van der Waals surface area contributed by atoms with E-state index in [0.29, 0.717) is 0 Å². The lowest BCUT2D eigenvalue weighted by atomic mass is 10.3. The summed E-state index contributed by atoms with van der Waals surface area (Å²) in [6.07, 6.45) is 1.87. The minimum atomic E-state index is -1.00. The predicted molar refractivity (Wildman–Crippen MR) is 83.3 cm³/mol. The molecule has 25 heavy (non-hydrogen) atoms. The summed E-state index contributed by atoms with van der Waals surface area (Å²) in [6, 6.07) is 3.82. The zero-order chi connectivity index (χ0) is 19.7. The first-order chi connectivity index (χ1) is 12.3. The van der Waals surface area contributed by atoms with Gasteiger partial charge in [0.05, 0.1) is 32.1 Å². The van der Waals surface area contributed by atoms with Gasteiger partial charge >= 0.3 is 5.69 Å². The topological polar surface area (TPSA) is 141 Å². The number of pyridine rings is 2. The molecular formula is C14H11F3N6O2. The number of halogens is 3. The quantitative estimate of drug-likeness (QED) is 0.551. The van der Waals surface area contributed by atoms with Crippen molar-refractivity contribution < 1.29 is 14.5 Å². The van der Waals surface area contributed by atoms with Crippen LogP contribution in [-0.2, 0) is 0 Å². The van der Waals surface area contributed by atoms with Gasteiger partial charge in [-0.1, -0.05) is 0 Å². The molecule has 0 saturated carbocycles. The van der Waals surface area contributed by atoms with Gasteiger partial charge < -0.3 is 10.7 Å². The maximum atomic E-state index is 12.6. The normalized spacial score (nSPS) is 9.76. The van der Waals surface area contributed by atoms with Gasteiger partial charge in [-0.3, -0.25) is 14.2 Å². The largest absolute Gasteiger partial charge is 0.396 e. The second kappa shape index (κ2) is 8.82. The second-order valence-electron chi connectivity index (χ2n) is 4.16. The molecule has 0 radical (unpaired) electrons. The molecule has 0 spiro atoms. The number of aromatic amines is 2. The van der Waals surface area contributed by atoms with E-state index in [1.165, 1.54) is 0 Å². The highest BCUT2D eigenvalue weighted by Crippen LogP contribution is 2.07. The van der Waals surface area contributed by atoms with Crippen LogP contribution in [0.25, 0.3) is 11.0 Å². The Labute approximate surface area is 139 Å². The zero-order valence-corrected chi connectivity index (χ0v) is 12.4. The number of nitriles is 1. The van der Waals surface area contributed by atoms with Crippen LogP contribution in [0, 0.1) is 23.0 Å². The van der Waals surface area contributed by atoms with Gasteiger partial charge in [-0.2, -0.15) is 5.26 Å². The van der Waals surface area contributed by atoms with Gasteiger partial charge in [0.15, 0.2) is 11.2 Å². The SMILES string of the molecule is N#Cc1ncc(F)cc1N.O=c1[nH]c(=O)c2ncc(F)cc2[nH]1.[2H]CF. The van der Waals surface area contributed by atoms with Crippen molar-refractivity contribution in [2.75, 3.05) is 12.9 Å². The van der Waals surface area contributed by atoms with Crippen molar-refractivity contribution >= 4 is 16.7 Å². The summed E-state index contributed by atoms with van der Waals surface area (Å²) in [5.41, 5.74) is 4.14. The van der Waals surface area contributed by atoms with Crippen molar-refractivity contribution in [1.82, 2.24) is 19.9 Å². The molecular weight excluding hydrogens is 341 g/mol. The van der Waals surface area contributed by atoms with Crippen LogP contribution in [-0.4, -0.2) is 27.1 Å². The Morgan fingerprint density at radius 1 is 1.20 bits per heavy atom. The number of hydrogen-bond donors (Lipinski definition) is 3. The molecule has 3 aromatic heterocycles. The number of nitrogens with zero attached hydrogens (tertiary/aromatic N) is 3. The van der Waals surface area contributed by atoms with Gasteiger partial charge in [-0.15, -0.1) is 0 Å². The van der Waals surface area contributed by atoms with Crippen molar-refractivity contribution in [3.05, 3.63) is 62.7 Å². The fourth-order valence-corrected chi connectivity index (χ4v) is 1.58. The molecule has 0 atom stereocenters. The van der Waals surface area contributed by atoms with E-state index in [0.717, 1.165) is 24.5 Å². The molecule has 0 bridgehead atoms. The van der Waals surface area contributed by atoms with Crippen LogP contribution in [0.2, 0.25) is 0 Å². The number of aromatic nitrogens is 4. The minimum absolute atomic E-state index is 0.0148. The average Bonchev–Trinajstić information content (AvgIpc) is 2.55. The lowest BCUT2D eigenvalue weighted by Gasteiger charge is -1.93. The van der Waals surface area contributed by atoms with Crippen molar-refractivity contribution in [3.8, 4) is 6.07 Å². The van der Waals surface area contributed by atoms with Crippen LogP contribution in [0.5, 0.6) is 0 Å². The summed E-state index contributed by atoms with van der Waals surface area (Å²) < 4.78 is 40.3. The first-order valence-electron chi connectivity index (χ1n) is 6.97. The number of fused-ring (bicyclic) bond motifs is 1. The van der Waals surface area contributed by atoms with E-state index in [2.05, 4.69) is 15.0 Å². The number of nitrogen functional groups attached to an aromatic ring is 1. The molecule has 0 amide bonds. The van der Waals surface area contributed by atoms with Crippen molar-refractivity contribution in [2.45, 2.75) is 0 Å². The van der Waals surface area contributed by atoms with E-state index < -0.39 is 30.0 Å². The first kappa shape index (κ1) is 17.7. The number of nitrogens with one attached hydrogen (secondary N) is 2. The third-order valence-corrected chi connectivity index (χ3v) is 2.53. The Kier molecular flexibility index (Phi) is 6.24. The average molecular weight is 353 g/mol. The summed E-state index contributed by atoms with van der Waals surface area (Å²) in [4.78, 5) is 33.0. The summed E-state index contributed by atoms with van der Waals surface area (Å²) >= 11 is 0. The van der Waals surface area contributed by atoms with E-state index in [4.69, 9.17) is 12.4 Å². The Morgan fingerprint density at radius 2 is 1.80 bits per heavy atom. The third-order valence-electron chi connectivity index (χ3n) is 2.53. The molecule has 0 unspecified atom stereocenters. The Morgan fingerprint density at radius 3 is 2.40 bits per heavy atom. The summed E-state index contributed by atoms with van der Waals surface area (Å²) in [5, 5.41) is 8.29. The van der Waals surface area contributed by atoms with E-state index in [1.54, 1.807) is 6.07 Å². The first-order valence-corrected chi connectivity index (χ1v) is 6.26. The van der Waals surface area contributed by atoms with E-state index >= 15 is 0 Å². The van der Waals surface area contributed by atoms with Gasteiger partial charge in [0, 0.05) is 12.1 Å². The van der Waals surface area contributed by atoms with Crippen LogP contribution in [0.3, 0.4) is 0 Å². The van der Waals surface area contributed by atoms with Gasteiger partial charge in [0.25, 0.3) is 5.56 Å². The molecule has 8 nitrogen and oxygen atoms in total. The van der Waals surface area contributed by atoms with Crippen LogP contribution in [0.1, 0.15) is 7.06 Å². The summed E-state index contributed by atoms with van der Waals surface area (Å²) in [6.45, 7) is 0. The van der Waals surface area contributed by atoms with Gasteiger partial charge in [-0.25, -0.2) is 23.5 Å². The van der Waals surface area contributed by atoms with E-state index in [1.807, 2.05) is 4.98 Å². The molecule has 3 aromatic rings. The number of nitrogens with two attached hydrogens (primary N) is 1. The molecule has 0 fully saturated rings. The monoisotopic (exact) mass is 353 g/mol. The summed E-state index contributed by atoms with van der Waals surface area (Å²) in [5.74, 6) is -1.13. The molecule has 4 N–H and O–H groups in total. The molecule has 0 aliphatic heterocycles. The number of alkyl halides is 1. The summed E-state index contributed by atoms with van der Waals surface area (Å²) in [7, 11) is -1.00. The second-order valence-corrected chi connectivity index (χ2v) is 4.16. The fourth-order valence-electron chi connectivity index (χ4n) is 1.58. The smallest absolute Gasteiger partial charge is 0.326 e. The molecule has 0 saturated heterocycles. The highest BCUT2D eigenvalue weighted by Gasteiger charge is 2.02. The molecule has 0 aliphatic carbocycles. The van der Waals surface area contributed by atoms with Crippen molar-refractivity contribution in [1.29, 1.82) is 5.26 Å². The van der Waals surface area contributed by atoms with E-state index in [-0.39, 0.29) is 22.4 Å². The molecule has 130 valence electrons. The standard InChI is InChI=1S/C7H4FN3O2.C6H4FN3.CH3F/c8-3-1-4-5(9-2-3)6(12)11-7(13)10-4;7-4-1-5(9)6(2-8)10-3-4;1-2/h1-2H,(H2,10,11,12,13);1,3H,9H2;1H3/i;;1D. The minimum Gasteiger partial charge on any atom is -0.396 e. The molecule has 0 aromatic carbocycles. The lowest BCUT2D eigenvalue weighted by Crippen LogP contribution is -2.22. The predicted octanol–water partition coefficient (Wildman–Crippen LogP) is 1.01. The maximum Gasteiger partial charge on any atom is 0.326 e. The number of hydrogen-bond acceptors (Lipinski definition) is 6. The van der Waals surface area contributed by atoms with Crippen molar-refractivity contribution in [2.24, 2.45) is 0 Å². The maximum absolute atomic E-state index is 12.6. The van der Waals surface area contributed by atoms with Gasteiger partial charge in [0.2, 0.25) is 0 Å². The Balaban J connectivity index is 0.000000233. The highest BCUT2D eigenvalue weighted by atomic mass is 19.1. The number of rotatable bonds is 0.